The fourth-order valence-electron chi connectivity index (χ4n) is 4.51. The molecule has 0 saturated carbocycles. The van der Waals surface area contributed by atoms with Crippen LogP contribution in [-0.4, -0.2) is 46.3 Å². The first-order chi connectivity index (χ1) is 12.9. The standard InChI is InChI=1S/C21H48ClO3PSi/c1-8-15-19-26(22,20-16-9-2,21(17-10-3)18-11-4)27(23-12-5,24-13-6)25-14-7/h21H,8-20H2,1-7H3. The fourth-order valence-corrected chi connectivity index (χ4v) is 23.7. The Balaban J connectivity index is 6.71. The van der Waals surface area contributed by atoms with Crippen LogP contribution < -0.4 is 0 Å². The minimum absolute atomic E-state index is 0.474. The molecule has 0 unspecified atom stereocenters. The first-order valence-corrected chi connectivity index (χ1v) is 17.7. The zero-order valence-corrected chi connectivity index (χ0v) is 22.0. The summed E-state index contributed by atoms with van der Waals surface area (Å²) in [6.45, 7) is 17.1. The number of unbranched alkanes of at least 4 members (excludes halogenated alkanes) is 2. The Morgan fingerprint density at radius 2 is 1.04 bits per heavy atom. The molecular weight excluding hydrogens is 395 g/mol. The van der Waals surface area contributed by atoms with E-state index in [-0.39, 0.29) is 0 Å². The molecule has 0 fully saturated rings. The topological polar surface area (TPSA) is 27.7 Å². The molecule has 3 nitrogen and oxygen atoms in total. The van der Waals surface area contributed by atoms with Crippen molar-refractivity contribution in [1.29, 1.82) is 0 Å². The Labute approximate surface area is 176 Å². The van der Waals surface area contributed by atoms with Crippen LogP contribution in [0.1, 0.15) is 99.8 Å². The van der Waals surface area contributed by atoms with Gasteiger partial charge in [0.1, 0.15) is 0 Å². The number of halogens is 1. The van der Waals surface area contributed by atoms with E-state index in [0.29, 0.717) is 25.5 Å². The van der Waals surface area contributed by atoms with Crippen molar-refractivity contribution in [2.75, 3.05) is 32.1 Å². The van der Waals surface area contributed by atoms with Crippen molar-refractivity contribution in [2.24, 2.45) is 0 Å². The SMILES string of the molecule is CCCCP(Cl)(CCCC)(C(CCC)CCC)[Si](OCC)(OCC)OCC. The second-order valence-corrected chi connectivity index (χ2v) is 22.5. The molecule has 0 aromatic rings. The van der Waals surface area contributed by atoms with E-state index in [4.69, 9.17) is 24.5 Å². The summed E-state index contributed by atoms with van der Waals surface area (Å²) in [5.41, 5.74) is -2.45. The van der Waals surface area contributed by atoms with Crippen molar-refractivity contribution in [1.82, 2.24) is 0 Å². The summed E-state index contributed by atoms with van der Waals surface area (Å²) in [6.07, 6.45) is 11.3. The molecule has 0 aliphatic rings. The second kappa shape index (κ2) is 13.9. The van der Waals surface area contributed by atoms with E-state index in [1.54, 1.807) is 0 Å². The molecule has 0 saturated heterocycles. The van der Waals surface area contributed by atoms with Crippen LogP contribution >= 0.6 is 16.7 Å². The van der Waals surface area contributed by atoms with Crippen molar-refractivity contribution < 1.29 is 13.3 Å². The average Bonchev–Trinajstić information content (AvgIpc) is 2.65. The quantitative estimate of drug-likeness (QED) is 0.160. The van der Waals surface area contributed by atoms with Gasteiger partial charge in [-0.3, -0.25) is 0 Å². The Morgan fingerprint density at radius 1 is 0.667 bits per heavy atom. The minimum atomic E-state index is -3.02. The van der Waals surface area contributed by atoms with E-state index < -0.39 is 14.0 Å². The van der Waals surface area contributed by atoms with E-state index in [0.717, 1.165) is 63.7 Å². The van der Waals surface area contributed by atoms with E-state index in [1.807, 2.05) is 0 Å². The van der Waals surface area contributed by atoms with Gasteiger partial charge in [0.05, 0.1) is 0 Å². The summed E-state index contributed by atoms with van der Waals surface area (Å²) in [7, 11) is -3.02. The molecule has 0 atom stereocenters. The van der Waals surface area contributed by atoms with Gasteiger partial charge >= 0.3 is 176 Å². The molecule has 6 heteroatoms. The van der Waals surface area contributed by atoms with E-state index in [9.17, 15) is 0 Å². The Kier molecular flexibility index (Phi) is 14.4. The third-order valence-corrected chi connectivity index (χ3v) is 24.9. The summed E-state index contributed by atoms with van der Waals surface area (Å²) < 4.78 is 19.7. The summed E-state index contributed by atoms with van der Waals surface area (Å²) in [6, 6.07) is 0. The van der Waals surface area contributed by atoms with Gasteiger partial charge in [-0.1, -0.05) is 0 Å². The maximum atomic E-state index is 8.16. The van der Waals surface area contributed by atoms with Crippen molar-refractivity contribution >= 4 is 25.2 Å². The van der Waals surface area contributed by atoms with Gasteiger partial charge in [-0.25, -0.2) is 0 Å². The molecule has 166 valence electrons. The monoisotopic (exact) mass is 442 g/mol. The van der Waals surface area contributed by atoms with Crippen molar-refractivity contribution in [2.45, 2.75) is 105 Å². The van der Waals surface area contributed by atoms with Crippen molar-refractivity contribution in [3.63, 3.8) is 0 Å². The molecule has 0 amide bonds. The van der Waals surface area contributed by atoms with E-state index in [2.05, 4.69) is 48.5 Å². The Bertz CT molecular complexity index is 353. The Morgan fingerprint density at radius 3 is 1.30 bits per heavy atom. The summed E-state index contributed by atoms with van der Waals surface area (Å²) in [5, 5.41) is 0. The normalized spacial score (nSPS) is 14.5. The van der Waals surface area contributed by atoms with Crippen LogP contribution in [0.15, 0.2) is 0 Å². The molecule has 0 rings (SSSR count). The number of hydrogen-bond donors (Lipinski definition) is 0. The van der Waals surface area contributed by atoms with Crippen molar-refractivity contribution in [3.05, 3.63) is 0 Å². The van der Waals surface area contributed by atoms with Gasteiger partial charge in [0.25, 0.3) is 0 Å². The number of rotatable bonds is 18. The molecule has 27 heavy (non-hydrogen) atoms. The van der Waals surface area contributed by atoms with Gasteiger partial charge in [0.15, 0.2) is 0 Å². The van der Waals surface area contributed by atoms with Gasteiger partial charge in [-0.15, -0.1) is 0 Å². The van der Waals surface area contributed by atoms with E-state index >= 15 is 0 Å². The molecule has 0 aliphatic carbocycles. The zero-order chi connectivity index (χ0) is 20.8. The first-order valence-electron chi connectivity index (χ1n) is 11.5. The molecule has 0 heterocycles. The predicted octanol–water partition coefficient (Wildman–Crippen LogP) is 7.81. The fraction of sp³-hybridized carbons (Fsp3) is 1.00. The molecular formula is C21H48ClO3PSi. The van der Waals surface area contributed by atoms with Crippen LogP contribution in [-0.2, 0) is 13.3 Å². The molecule has 0 N–H and O–H groups in total. The average molecular weight is 443 g/mol. The van der Waals surface area contributed by atoms with Crippen LogP contribution in [0.3, 0.4) is 0 Å². The third-order valence-electron chi connectivity index (χ3n) is 5.70. The third kappa shape index (κ3) is 6.40. The van der Waals surface area contributed by atoms with Gasteiger partial charge in [0.2, 0.25) is 0 Å². The maximum absolute atomic E-state index is 8.16. The van der Waals surface area contributed by atoms with Crippen LogP contribution in [0, 0.1) is 0 Å². The number of hydrogen-bond acceptors (Lipinski definition) is 3. The van der Waals surface area contributed by atoms with Crippen LogP contribution in [0.4, 0.5) is 0 Å². The molecule has 0 aliphatic heterocycles. The zero-order valence-electron chi connectivity index (χ0n) is 19.3. The van der Waals surface area contributed by atoms with E-state index in [1.165, 1.54) is 0 Å². The molecule has 0 aromatic heterocycles. The molecule has 0 spiro atoms. The molecule has 0 radical (unpaired) electrons. The van der Waals surface area contributed by atoms with Crippen molar-refractivity contribution in [3.8, 4) is 0 Å². The Hall–Kier alpha value is 0.817. The summed E-state index contributed by atoms with van der Waals surface area (Å²) in [5.74, 6) is 0. The second-order valence-electron chi connectivity index (χ2n) is 7.66. The van der Waals surface area contributed by atoms with Gasteiger partial charge in [0, 0.05) is 0 Å². The predicted molar refractivity (Wildman–Crippen MR) is 127 cm³/mol. The van der Waals surface area contributed by atoms with Gasteiger partial charge in [-0.2, -0.15) is 0 Å². The van der Waals surface area contributed by atoms with Crippen LogP contribution in [0.25, 0.3) is 0 Å². The first kappa shape index (κ1) is 27.8. The molecule has 0 bridgehead atoms. The van der Waals surface area contributed by atoms with Crippen LogP contribution in [0.5, 0.6) is 0 Å². The molecule has 0 aromatic carbocycles. The van der Waals surface area contributed by atoms with Crippen LogP contribution in [0.2, 0.25) is 0 Å². The van der Waals surface area contributed by atoms with Gasteiger partial charge in [-0.05, 0) is 0 Å². The summed E-state index contributed by atoms with van der Waals surface area (Å²) in [4.78, 5) is 0. The van der Waals surface area contributed by atoms with Gasteiger partial charge < -0.3 is 0 Å². The summed E-state index contributed by atoms with van der Waals surface area (Å²) >= 11 is 8.16.